The molecule has 2 aromatic carbocycles. The zero-order valence-corrected chi connectivity index (χ0v) is 16.0. The fraction of sp³-hybridized carbons (Fsp3) is 0.200. The molecule has 7 nitrogen and oxygen atoms in total. The molecule has 0 atom stereocenters. The van der Waals surface area contributed by atoms with E-state index in [1.807, 2.05) is 6.92 Å². The van der Waals surface area contributed by atoms with Crippen LogP contribution in [0.5, 0.6) is 17.2 Å². The first kappa shape index (κ1) is 19.2. The van der Waals surface area contributed by atoms with Crippen LogP contribution >= 0.6 is 0 Å². The van der Waals surface area contributed by atoms with Crippen molar-refractivity contribution in [2.45, 2.75) is 6.92 Å². The molecule has 0 unspecified atom stereocenters. The van der Waals surface area contributed by atoms with Gasteiger partial charge in [-0.1, -0.05) is 0 Å². The molecule has 0 saturated heterocycles. The lowest BCUT2D eigenvalue weighted by Crippen LogP contribution is -2.03. The molecule has 1 aromatic heterocycles. The molecule has 0 saturated carbocycles. The molecular weight excluding hydrogens is 363 g/mol. The number of ether oxygens (including phenoxy) is 3. The molecule has 0 radical (unpaired) electrons. The number of halogens is 1. The third kappa shape index (κ3) is 4.40. The maximum absolute atomic E-state index is 13.1. The van der Waals surface area contributed by atoms with Gasteiger partial charge in [0, 0.05) is 35.3 Å². The third-order valence-electron chi connectivity index (χ3n) is 3.89. The van der Waals surface area contributed by atoms with Gasteiger partial charge in [0.25, 0.3) is 0 Å². The zero-order valence-electron chi connectivity index (χ0n) is 16.0. The number of aromatic nitrogens is 2. The van der Waals surface area contributed by atoms with Gasteiger partial charge in [-0.15, -0.1) is 0 Å². The van der Waals surface area contributed by atoms with Gasteiger partial charge in [0.15, 0.2) is 11.5 Å². The van der Waals surface area contributed by atoms with Gasteiger partial charge in [-0.3, -0.25) is 0 Å². The summed E-state index contributed by atoms with van der Waals surface area (Å²) in [6, 6.07) is 11.3. The van der Waals surface area contributed by atoms with Crippen molar-refractivity contribution >= 4 is 23.1 Å². The number of nitrogens with zero attached hydrogens (tertiary/aromatic N) is 2. The van der Waals surface area contributed by atoms with Crippen LogP contribution in [0.25, 0.3) is 0 Å². The summed E-state index contributed by atoms with van der Waals surface area (Å²) in [5, 5.41) is 6.28. The summed E-state index contributed by atoms with van der Waals surface area (Å²) in [6.07, 6.45) is 0. The van der Waals surface area contributed by atoms with Gasteiger partial charge >= 0.3 is 0 Å². The van der Waals surface area contributed by atoms with Crippen LogP contribution < -0.4 is 24.8 Å². The summed E-state index contributed by atoms with van der Waals surface area (Å²) in [7, 11) is 4.66. The monoisotopic (exact) mass is 384 g/mol. The fourth-order valence-corrected chi connectivity index (χ4v) is 2.65. The average Bonchev–Trinajstić information content (AvgIpc) is 2.68. The first-order valence-corrected chi connectivity index (χ1v) is 8.47. The molecule has 2 N–H and O–H groups in total. The second-order valence-corrected chi connectivity index (χ2v) is 5.89. The van der Waals surface area contributed by atoms with E-state index in [4.69, 9.17) is 14.2 Å². The minimum Gasteiger partial charge on any atom is -0.493 e. The second kappa shape index (κ2) is 8.43. The maximum Gasteiger partial charge on any atom is 0.229 e. The summed E-state index contributed by atoms with van der Waals surface area (Å²) in [5.74, 6) is 2.22. The minimum absolute atomic E-state index is 0.305. The van der Waals surface area contributed by atoms with E-state index in [1.54, 1.807) is 51.7 Å². The molecule has 3 rings (SSSR count). The quantitative estimate of drug-likeness (QED) is 0.624. The van der Waals surface area contributed by atoms with Crippen molar-refractivity contribution in [1.29, 1.82) is 0 Å². The van der Waals surface area contributed by atoms with E-state index in [2.05, 4.69) is 20.6 Å². The molecule has 0 amide bonds. The molecule has 0 bridgehead atoms. The Hall–Kier alpha value is -3.55. The van der Waals surface area contributed by atoms with Gasteiger partial charge in [-0.25, -0.2) is 9.37 Å². The average molecular weight is 384 g/mol. The number of hydrogen-bond donors (Lipinski definition) is 2. The van der Waals surface area contributed by atoms with Crippen molar-refractivity contribution in [3.05, 3.63) is 54.0 Å². The standard InChI is InChI=1S/C20H21FN4O3/c1-12-9-18(25-20(22-12)24-14-7-5-13(21)6-8-14)23-15-10-16(26-2)19(28-4)17(11-15)27-3/h5-11H,1-4H3,(H2,22,23,24,25). The molecule has 0 spiro atoms. The number of benzene rings is 2. The summed E-state index contributed by atoms with van der Waals surface area (Å²) in [6.45, 7) is 1.86. The predicted molar refractivity (Wildman–Crippen MR) is 106 cm³/mol. The number of nitrogens with one attached hydrogen (secondary N) is 2. The van der Waals surface area contributed by atoms with Crippen molar-refractivity contribution in [3.63, 3.8) is 0 Å². The SMILES string of the molecule is COc1cc(Nc2cc(C)nc(Nc3ccc(F)cc3)n2)cc(OC)c1OC. The largest absolute Gasteiger partial charge is 0.493 e. The summed E-state index contributed by atoms with van der Waals surface area (Å²) in [5.41, 5.74) is 2.15. The Morgan fingerprint density at radius 1 is 0.786 bits per heavy atom. The van der Waals surface area contributed by atoms with Crippen LogP contribution in [0.2, 0.25) is 0 Å². The van der Waals surface area contributed by atoms with Crippen LogP contribution in [0.15, 0.2) is 42.5 Å². The molecule has 3 aromatic rings. The molecule has 1 heterocycles. The van der Waals surface area contributed by atoms with Gasteiger partial charge < -0.3 is 24.8 Å². The Balaban J connectivity index is 1.88. The predicted octanol–water partition coefficient (Wildman–Crippen LogP) is 4.44. The number of anilines is 4. The third-order valence-corrected chi connectivity index (χ3v) is 3.89. The van der Waals surface area contributed by atoms with E-state index in [9.17, 15) is 4.39 Å². The maximum atomic E-state index is 13.1. The highest BCUT2D eigenvalue weighted by Gasteiger charge is 2.14. The van der Waals surface area contributed by atoms with Gasteiger partial charge in [-0.05, 0) is 31.2 Å². The molecule has 0 aliphatic carbocycles. The van der Waals surface area contributed by atoms with Crippen molar-refractivity contribution in [1.82, 2.24) is 9.97 Å². The van der Waals surface area contributed by atoms with Gasteiger partial charge in [0.05, 0.1) is 21.3 Å². The van der Waals surface area contributed by atoms with Crippen molar-refractivity contribution < 1.29 is 18.6 Å². The molecule has 0 aliphatic rings. The van der Waals surface area contributed by atoms with E-state index >= 15 is 0 Å². The lowest BCUT2D eigenvalue weighted by Gasteiger charge is -2.15. The molecule has 0 fully saturated rings. The highest BCUT2D eigenvalue weighted by molar-refractivity contribution is 5.67. The number of hydrogen-bond acceptors (Lipinski definition) is 7. The van der Waals surface area contributed by atoms with Crippen LogP contribution in [-0.2, 0) is 0 Å². The number of rotatable bonds is 7. The van der Waals surface area contributed by atoms with Gasteiger partial charge in [-0.2, -0.15) is 4.98 Å². The van der Waals surface area contributed by atoms with E-state index in [0.717, 1.165) is 5.69 Å². The Morgan fingerprint density at radius 3 is 2.00 bits per heavy atom. The Kier molecular flexibility index (Phi) is 5.78. The highest BCUT2D eigenvalue weighted by atomic mass is 19.1. The Morgan fingerprint density at radius 2 is 1.43 bits per heavy atom. The number of methoxy groups -OCH3 is 3. The van der Waals surface area contributed by atoms with Crippen molar-refractivity contribution in [2.75, 3.05) is 32.0 Å². The van der Waals surface area contributed by atoms with Gasteiger partial charge in [0.1, 0.15) is 11.6 Å². The molecule has 8 heteroatoms. The Labute approximate surface area is 162 Å². The number of aryl methyl sites for hydroxylation is 1. The normalized spacial score (nSPS) is 10.3. The van der Waals surface area contributed by atoms with Crippen LogP contribution in [0.4, 0.5) is 27.5 Å². The van der Waals surface area contributed by atoms with E-state index in [0.29, 0.717) is 40.4 Å². The highest BCUT2D eigenvalue weighted by Crippen LogP contribution is 2.40. The summed E-state index contributed by atoms with van der Waals surface area (Å²) in [4.78, 5) is 8.82. The Bertz CT molecular complexity index is 939. The molecule has 28 heavy (non-hydrogen) atoms. The van der Waals surface area contributed by atoms with E-state index in [1.165, 1.54) is 12.1 Å². The van der Waals surface area contributed by atoms with Crippen LogP contribution in [-0.4, -0.2) is 31.3 Å². The fourth-order valence-electron chi connectivity index (χ4n) is 2.65. The smallest absolute Gasteiger partial charge is 0.229 e. The first-order chi connectivity index (χ1) is 13.5. The second-order valence-electron chi connectivity index (χ2n) is 5.89. The summed E-state index contributed by atoms with van der Waals surface area (Å²) >= 11 is 0. The topological polar surface area (TPSA) is 77.5 Å². The summed E-state index contributed by atoms with van der Waals surface area (Å²) < 4.78 is 29.2. The lowest BCUT2D eigenvalue weighted by molar-refractivity contribution is 0.324. The zero-order chi connectivity index (χ0) is 20.1. The lowest BCUT2D eigenvalue weighted by atomic mass is 10.2. The molecule has 0 aliphatic heterocycles. The minimum atomic E-state index is -0.305. The van der Waals surface area contributed by atoms with E-state index < -0.39 is 0 Å². The molecular formula is C20H21FN4O3. The van der Waals surface area contributed by atoms with Crippen molar-refractivity contribution in [2.24, 2.45) is 0 Å². The van der Waals surface area contributed by atoms with Crippen LogP contribution in [0.1, 0.15) is 5.69 Å². The van der Waals surface area contributed by atoms with Crippen LogP contribution in [0, 0.1) is 12.7 Å². The molecule has 146 valence electrons. The van der Waals surface area contributed by atoms with Gasteiger partial charge in [0.2, 0.25) is 11.7 Å². The van der Waals surface area contributed by atoms with Crippen molar-refractivity contribution in [3.8, 4) is 17.2 Å². The van der Waals surface area contributed by atoms with Crippen LogP contribution in [0.3, 0.4) is 0 Å². The van der Waals surface area contributed by atoms with E-state index in [-0.39, 0.29) is 5.82 Å². The first-order valence-electron chi connectivity index (χ1n) is 8.47.